The first-order chi connectivity index (χ1) is 12.5. The number of nitriles is 1. The highest BCUT2D eigenvalue weighted by Gasteiger charge is 2.11. The standard InChI is InChI=1S/C21H22N2O3/c1-16-5-4-6-20(13-16)25-11-12-26-21(24)18(15-22)14-17-7-9-19(10-8-17)23(2)3/h4-10,13-14H,11-12H2,1-3H3/b18-14+. The molecule has 0 aliphatic carbocycles. The molecule has 0 bridgehead atoms. The van der Waals surface area contributed by atoms with Gasteiger partial charge in [0.05, 0.1) is 0 Å². The van der Waals surface area contributed by atoms with Crippen LogP contribution in [-0.2, 0) is 9.53 Å². The topological polar surface area (TPSA) is 62.6 Å². The van der Waals surface area contributed by atoms with Crippen molar-refractivity contribution in [3.05, 3.63) is 65.2 Å². The van der Waals surface area contributed by atoms with Crippen LogP contribution in [0.5, 0.6) is 5.75 Å². The number of benzene rings is 2. The second-order valence-electron chi connectivity index (χ2n) is 5.96. The van der Waals surface area contributed by atoms with Crippen LogP contribution in [0.25, 0.3) is 6.08 Å². The highest BCUT2D eigenvalue weighted by atomic mass is 16.6. The average Bonchev–Trinajstić information content (AvgIpc) is 2.63. The fraction of sp³-hybridized carbons (Fsp3) is 0.238. The van der Waals surface area contributed by atoms with Crippen molar-refractivity contribution in [3.8, 4) is 11.8 Å². The normalized spacial score (nSPS) is 10.8. The summed E-state index contributed by atoms with van der Waals surface area (Å²) in [6, 6.07) is 17.0. The van der Waals surface area contributed by atoms with Crippen LogP contribution >= 0.6 is 0 Å². The van der Waals surface area contributed by atoms with Crippen molar-refractivity contribution in [2.45, 2.75) is 6.92 Å². The van der Waals surface area contributed by atoms with Crippen molar-refractivity contribution < 1.29 is 14.3 Å². The zero-order valence-electron chi connectivity index (χ0n) is 15.2. The molecule has 0 unspecified atom stereocenters. The lowest BCUT2D eigenvalue weighted by Crippen LogP contribution is -2.13. The lowest BCUT2D eigenvalue weighted by molar-refractivity contribution is -0.139. The molecule has 0 atom stereocenters. The third-order valence-corrected chi connectivity index (χ3v) is 3.64. The summed E-state index contributed by atoms with van der Waals surface area (Å²) in [5.74, 6) is 0.0649. The van der Waals surface area contributed by atoms with Gasteiger partial charge in [-0.1, -0.05) is 24.3 Å². The third kappa shape index (κ3) is 5.67. The molecule has 134 valence electrons. The fourth-order valence-electron chi connectivity index (χ4n) is 2.25. The van der Waals surface area contributed by atoms with Gasteiger partial charge in [-0.05, 0) is 48.4 Å². The molecule has 26 heavy (non-hydrogen) atoms. The van der Waals surface area contributed by atoms with E-state index in [4.69, 9.17) is 9.47 Å². The van der Waals surface area contributed by atoms with Crippen molar-refractivity contribution in [2.75, 3.05) is 32.2 Å². The molecule has 2 aromatic rings. The Hall–Kier alpha value is -3.26. The molecule has 0 saturated carbocycles. The smallest absolute Gasteiger partial charge is 0.349 e. The van der Waals surface area contributed by atoms with Crippen molar-refractivity contribution in [1.29, 1.82) is 5.26 Å². The SMILES string of the molecule is Cc1cccc(OCCOC(=O)/C(C#N)=C/c2ccc(N(C)C)cc2)c1. The number of rotatable bonds is 7. The quantitative estimate of drug-likeness (QED) is 0.330. The minimum atomic E-state index is -0.656. The summed E-state index contributed by atoms with van der Waals surface area (Å²) in [6.07, 6.45) is 1.52. The number of aryl methyl sites for hydroxylation is 1. The predicted molar refractivity (Wildman–Crippen MR) is 102 cm³/mol. The highest BCUT2D eigenvalue weighted by Crippen LogP contribution is 2.15. The van der Waals surface area contributed by atoms with Crippen LogP contribution in [0.3, 0.4) is 0 Å². The second kappa shape index (κ2) is 9.28. The lowest BCUT2D eigenvalue weighted by Gasteiger charge is -2.12. The first-order valence-electron chi connectivity index (χ1n) is 8.25. The van der Waals surface area contributed by atoms with E-state index in [2.05, 4.69) is 0 Å². The molecule has 0 amide bonds. The number of carbonyl (C=O) groups is 1. The monoisotopic (exact) mass is 350 g/mol. The lowest BCUT2D eigenvalue weighted by atomic mass is 10.1. The molecular weight excluding hydrogens is 328 g/mol. The van der Waals surface area contributed by atoms with E-state index in [0.29, 0.717) is 0 Å². The molecular formula is C21H22N2O3. The highest BCUT2D eigenvalue weighted by molar-refractivity contribution is 5.97. The Morgan fingerprint density at radius 1 is 1.15 bits per heavy atom. The molecule has 2 rings (SSSR count). The van der Waals surface area contributed by atoms with Gasteiger partial charge >= 0.3 is 5.97 Å². The number of ether oxygens (including phenoxy) is 2. The minimum Gasteiger partial charge on any atom is -0.490 e. The van der Waals surface area contributed by atoms with Gasteiger partial charge < -0.3 is 14.4 Å². The number of esters is 1. The molecule has 0 aliphatic heterocycles. The first-order valence-corrected chi connectivity index (χ1v) is 8.25. The van der Waals surface area contributed by atoms with E-state index in [-0.39, 0.29) is 18.8 Å². The summed E-state index contributed by atoms with van der Waals surface area (Å²) in [5.41, 5.74) is 2.85. The van der Waals surface area contributed by atoms with Crippen LogP contribution in [0.4, 0.5) is 5.69 Å². The van der Waals surface area contributed by atoms with Crippen molar-refractivity contribution in [3.63, 3.8) is 0 Å². The molecule has 0 aliphatic rings. The van der Waals surface area contributed by atoms with Gasteiger partial charge in [-0.3, -0.25) is 0 Å². The van der Waals surface area contributed by atoms with Crippen molar-refractivity contribution in [2.24, 2.45) is 0 Å². The van der Waals surface area contributed by atoms with E-state index in [0.717, 1.165) is 22.6 Å². The maximum Gasteiger partial charge on any atom is 0.349 e. The van der Waals surface area contributed by atoms with E-state index < -0.39 is 5.97 Å². The van der Waals surface area contributed by atoms with Gasteiger partial charge in [-0.25, -0.2) is 4.79 Å². The van der Waals surface area contributed by atoms with Crippen molar-refractivity contribution >= 4 is 17.7 Å². The average molecular weight is 350 g/mol. The molecule has 0 spiro atoms. The molecule has 0 fully saturated rings. The molecule has 0 heterocycles. The van der Waals surface area contributed by atoms with E-state index in [9.17, 15) is 10.1 Å². The van der Waals surface area contributed by atoms with E-state index in [1.807, 2.05) is 80.5 Å². The zero-order valence-corrected chi connectivity index (χ0v) is 15.2. The Morgan fingerprint density at radius 3 is 2.50 bits per heavy atom. The Labute approximate surface area is 154 Å². The van der Waals surface area contributed by atoms with Crippen LogP contribution in [0.1, 0.15) is 11.1 Å². The number of nitrogens with zero attached hydrogens (tertiary/aromatic N) is 2. The largest absolute Gasteiger partial charge is 0.490 e. The Morgan fingerprint density at radius 2 is 1.88 bits per heavy atom. The van der Waals surface area contributed by atoms with Crippen molar-refractivity contribution in [1.82, 2.24) is 0 Å². The van der Waals surface area contributed by atoms with Gasteiger partial charge in [0.25, 0.3) is 0 Å². The van der Waals surface area contributed by atoms with Crippen LogP contribution < -0.4 is 9.64 Å². The van der Waals surface area contributed by atoms with Gasteiger partial charge in [-0.2, -0.15) is 5.26 Å². The summed E-state index contributed by atoms with van der Waals surface area (Å²) in [7, 11) is 3.89. The molecule has 0 aromatic heterocycles. The van der Waals surface area contributed by atoms with Crippen LogP contribution in [-0.4, -0.2) is 33.3 Å². The maximum absolute atomic E-state index is 12.0. The maximum atomic E-state index is 12.0. The van der Waals surface area contributed by atoms with Crippen LogP contribution in [0.15, 0.2) is 54.1 Å². The summed E-state index contributed by atoms with van der Waals surface area (Å²) >= 11 is 0. The summed E-state index contributed by atoms with van der Waals surface area (Å²) in [5, 5.41) is 9.21. The number of carbonyl (C=O) groups excluding carboxylic acids is 1. The molecule has 5 nitrogen and oxygen atoms in total. The van der Waals surface area contributed by atoms with E-state index in [1.165, 1.54) is 6.08 Å². The van der Waals surface area contributed by atoms with Gasteiger partial charge in [0.15, 0.2) is 0 Å². The molecule has 5 heteroatoms. The Bertz CT molecular complexity index is 818. The van der Waals surface area contributed by atoms with Gasteiger partial charge in [0, 0.05) is 19.8 Å². The van der Waals surface area contributed by atoms with E-state index >= 15 is 0 Å². The van der Waals surface area contributed by atoms with Crippen LogP contribution in [0.2, 0.25) is 0 Å². The fourth-order valence-corrected chi connectivity index (χ4v) is 2.25. The summed E-state index contributed by atoms with van der Waals surface area (Å²) < 4.78 is 10.6. The number of hydrogen-bond acceptors (Lipinski definition) is 5. The van der Waals surface area contributed by atoms with Gasteiger partial charge in [0.1, 0.15) is 30.6 Å². The molecule has 0 N–H and O–H groups in total. The predicted octanol–water partition coefficient (Wildman–Crippen LogP) is 3.59. The third-order valence-electron chi connectivity index (χ3n) is 3.64. The van der Waals surface area contributed by atoms with Gasteiger partial charge in [-0.15, -0.1) is 0 Å². The molecule has 2 aromatic carbocycles. The van der Waals surface area contributed by atoms with Gasteiger partial charge in [0.2, 0.25) is 0 Å². The first kappa shape index (κ1) is 19.1. The minimum absolute atomic E-state index is 0.0434. The number of hydrogen-bond donors (Lipinski definition) is 0. The number of anilines is 1. The van der Waals surface area contributed by atoms with E-state index in [1.54, 1.807) is 0 Å². The summed E-state index contributed by atoms with van der Waals surface area (Å²) in [6.45, 7) is 2.28. The zero-order chi connectivity index (χ0) is 18.9. The Kier molecular flexibility index (Phi) is 6.81. The Balaban J connectivity index is 1.88. The van der Waals surface area contributed by atoms with Crippen LogP contribution in [0, 0.1) is 18.3 Å². The summed E-state index contributed by atoms with van der Waals surface area (Å²) in [4.78, 5) is 14.0. The second-order valence-corrected chi connectivity index (χ2v) is 5.96. The molecule has 0 saturated heterocycles. The molecule has 0 radical (unpaired) electrons.